The average molecular weight is 509 g/mol. The molecule has 35 heavy (non-hydrogen) atoms. The molecule has 0 spiro atoms. The minimum absolute atomic E-state index is 0.167. The summed E-state index contributed by atoms with van der Waals surface area (Å²) in [4.78, 5) is 11.8. The van der Waals surface area contributed by atoms with E-state index in [4.69, 9.17) is 27.3 Å². The number of hydrogen-bond donors (Lipinski definition) is 3. The summed E-state index contributed by atoms with van der Waals surface area (Å²) in [6, 6.07) is 7.04. The molecule has 1 saturated carbocycles. The molecule has 4 heterocycles. The maximum Gasteiger partial charge on any atom is 0.176 e. The number of H-pyrrole nitrogens is 1. The van der Waals surface area contributed by atoms with Gasteiger partial charge >= 0.3 is 0 Å². The molecule has 178 valence electrons. The molecular formula is C24H22ClFN8S. The van der Waals surface area contributed by atoms with Crippen molar-refractivity contribution < 1.29 is 4.39 Å². The topological polar surface area (TPSA) is 108 Å². The zero-order valence-electron chi connectivity index (χ0n) is 18.6. The number of aromatic amines is 1. The molecule has 4 N–H and O–H groups in total. The van der Waals surface area contributed by atoms with Crippen molar-refractivity contribution in [3.05, 3.63) is 65.4 Å². The maximum atomic E-state index is 14.7. The Balaban J connectivity index is 1.17. The van der Waals surface area contributed by atoms with Crippen molar-refractivity contribution in [1.82, 2.24) is 24.9 Å². The second kappa shape index (κ2) is 7.78. The van der Waals surface area contributed by atoms with Gasteiger partial charge in [-0.05, 0) is 36.0 Å². The van der Waals surface area contributed by atoms with Crippen LogP contribution in [-0.2, 0) is 5.41 Å². The number of nitrogens with one attached hydrogen (secondary N) is 2. The predicted molar refractivity (Wildman–Crippen MR) is 136 cm³/mol. The summed E-state index contributed by atoms with van der Waals surface area (Å²) in [5.41, 5.74) is 11.2. The average Bonchev–Trinajstić information content (AvgIpc) is 3.18. The first-order valence-electron chi connectivity index (χ1n) is 11.6. The number of anilines is 1. The first-order valence-corrected chi connectivity index (χ1v) is 12.8. The number of fused-ring (bicyclic) bond motifs is 3. The summed E-state index contributed by atoms with van der Waals surface area (Å²) in [6.45, 7) is 2.03. The number of allylic oxidation sites excluding steroid dienone is 4. The minimum atomic E-state index is -0.415. The van der Waals surface area contributed by atoms with E-state index in [-0.39, 0.29) is 17.2 Å². The van der Waals surface area contributed by atoms with Gasteiger partial charge in [0, 0.05) is 30.6 Å². The normalized spacial score (nSPS) is 29.2. The number of nitrogens with two attached hydrogens (primary N) is 1. The quantitative estimate of drug-likeness (QED) is 0.366. The van der Waals surface area contributed by atoms with Crippen LogP contribution >= 0.6 is 23.7 Å². The van der Waals surface area contributed by atoms with Gasteiger partial charge in [0.25, 0.3) is 0 Å². The molecule has 4 aliphatic rings. The third-order valence-corrected chi connectivity index (χ3v) is 8.95. The second-order valence-electron chi connectivity index (χ2n) is 9.40. The van der Waals surface area contributed by atoms with Crippen LogP contribution in [0.15, 0.2) is 52.7 Å². The summed E-state index contributed by atoms with van der Waals surface area (Å²) in [6.07, 6.45) is 6.63. The molecule has 7 rings (SSSR count). The number of rotatable bonds is 4. The fourth-order valence-electron chi connectivity index (χ4n) is 6.11. The van der Waals surface area contributed by atoms with Crippen molar-refractivity contribution >= 4 is 52.0 Å². The maximum absolute atomic E-state index is 14.7. The van der Waals surface area contributed by atoms with E-state index in [1.165, 1.54) is 18.2 Å². The zero-order chi connectivity index (χ0) is 23.7. The van der Waals surface area contributed by atoms with Gasteiger partial charge in [-0.2, -0.15) is 9.50 Å². The van der Waals surface area contributed by atoms with Gasteiger partial charge in [0.2, 0.25) is 0 Å². The molecule has 8 nitrogen and oxygen atoms in total. The van der Waals surface area contributed by atoms with Crippen LogP contribution in [0.2, 0.25) is 0 Å². The fraction of sp³-hybridized carbons (Fsp3) is 0.333. The first-order chi connectivity index (χ1) is 17.1. The van der Waals surface area contributed by atoms with E-state index >= 15 is 0 Å². The van der Waals surface area contributed by atoms with Gasteiger partial charge in [0.15, 0.2) is 5.65 Å². The molecule has 11 heteroatoms. The molecule has 2 aliphatic carbocycles. The number of benzene rings is 1. The summed E-state index contributed by atoms with van der Waals surface area (Å²) in [5, 5.41) is 7.10. The minimum Gasteiger partial charge on any atom is -0.355 e. The lowest BCUT2D eigenvalue weighted by Crippen LogP contribution is -2.32. The Labute approximate surface area is 210 Å². The van der Waals surface area contributed by atoms with E-state index in [2.05, 4.69) is 24.2 Å². The lowest BCUT2D eigenvalue weighted by Gasteiger charge is -2.26. The second-order valence-corrected chi connectivity index (χ2v) is 10.4. The predicted octanol–water partition coefficient (Wildman–Crippen LogP) is 3.34. The highest BCUT2D eigenvalue weighted by Gasteiger charge is 2.66. The monoisotopic (exact) mass is 508 g/mol. The highest BCUT2D eigenvalue weighted by atomic mass is 35.5. The molecule has 1 aromatic carbocycles. The van der Waals surface area contributed by atoms with Gasteiger partial charge in [-0.25, -0.2) is 14.4 Å². The van der Waals surface area contributed by atoms with E-state index in [9.17, 15) is 4.39 Å². The van der Waals surface area contributed by atoms with Crippen LogP contribution in [-0.4, -0.2) is 50.9 Å². The molecule has 1 saturated heterocycles. The highest BCUT2D eigenvalue weighted by molar-refractivity contribution is 7.96. The van der Waals surface area contributed by atoms with Crippen molar-refractivity contribution in [3.63, 3.8) is 0 Å². The molecule has 2 aliphatic heterocycles. The van der Waals surface area contributed by atoms with Gasteiger partial charge in [-0.3, -0.25) is 5.10 Å². The molecule has 2 aromatic heterocycles. The van der Waals surface area contributed by atoms with Crippen molar-refractivity contribution in [2.24, 2.45) is 22.0 Å². The molecule has 0 amide bonds. The van der Waals surface area contributed by atoms with E-state index in [0.717, 1.165) is 47.9 Å². The Morgan fingerprint density at radius 2 is 2.14 bits per heavy atom. The van der Waals surface area contributed by atoms with Crippen LogP contribution < -0.4 is 15.4 Å². The van der Waals surface area contributed by atoms with E-state index in [1.54, 1.807) is 12.3 Å². The number of piperidine rings is 1. The molecule has 1 unspecified atom stereocenters. The van der Waals surface area contributed by atoms with E-state index in [0.29, 0.717) is 29.3 Å². The van der Waals surface area contributed by atoms with Crippen LogP contribution in [0.3, 0.4) is 0 Å². The zero-order valence-corrected chi connectivity index (χ0v) is 20.2. The summed E-state index contributed by atoms with van der Waals surface area (Å²) >= 11 is 7.98. The third-order valence-electron chi connectivity index (χ3n) is 7.91. The van der Waals surface area contributed by atoms with E-state index < -0.39 is 5.38 Å². The van der Waals surface area contributed by atoms with E-state index in [1.807, 2.05) is 24.3 Å². The van der Waals surface area contributed by atoms with Crippen molar-refractivity contribution in [2.75, 3.05) is 24.5 Å². The lowest BCUT2D eigenvalue weighted by atomic mass is 9.91. The Morgan fingerprint density at radius 1 is 1.26 bits per heavy atom. The van der Waals surface area contributed by atoms with Crippen LogP contribution in [0, 0.1) is 17.7 Å². The number of hydrogen-bond acceptors (Lipinski definition) is 8. The Morgan fingerprint density at radius 3 is 3.00 bits per heavy atom. The Kier molecular flexibility index (Phi) is 4.74. The molecule has 3 aromatic rings. The number of alkyl halides is 1. The van der Waals surface area contributed by atoms with Gasteiger partial charge < -0.3 is 15.4 Å². The smallest absolute Gasteiger partial charge is 0.176 e. The standard InChI is InChI=1S/C24H22ClFN8S/c25-19-12(5-6-17-21(19)33-35-32-17)20-22-23(31-30-20)29-18(9-28-22)34-8-7-13-15(10-34)24(13,11-27)14-3-1-2-4-16(14)26/h1-6,9,13,15,19,32H,7-8,10-11,27H2,(H,29,30,31)/t13-,15+,19?,24-/m1/s1. The van der Waals surface area contributed by atoms with Gasteiger partial charge in [0.05, 0.1) is 29.7 Å². The number of aromatic nitrogens is 4. The number of nitrogens with zero attached hydrogens (tertiary/aromatic N) is 5. The molecule has 2 fully saturated rings. The molecule has 4 atom stereocenters. The van der Waals surface area contributed by atoms with Crippen LogP contribution in [0.25, 0.3) is 16.7 Å². The SMILES string of the molecule is NC[C@]1(c2ccccc2F)[C@@H]2CCN(c3cnc4c(C5=CC=C6NSN=C6C5Cl)n[nH]c4n3)C[C@@H]21. The fourth-order valence-corrected chi connectivity index (χ4v) is 7.13. The first kappa shape index (κ1) is 21.3. The summed E-state index contributed by atoms with van der Waals surface area (Å²) < 4.78 is 22.2. The van der Waals surface area contributed by atoms with Crippen molar-refractivity contribution in [3.8, 4) is 0 Å². The van der Waals surface area contributed by atoms with Crippen LogP contribution in [0.1, 0.15) is 17.7 Å². The third kappa shape index (κ3) is 3.03. The molecule has 0 radical (unpaired) electrons. The van der Waals surface area contributed by atoms with Gasteiger partial charge in [-0.1, -0.05) is 24.3 Å². The molecular weight excluding hydrogens is 487 g/mol. The van der Waals surface area contributed by atoms with Crippen LogP contribution in [0.5, 0.6) is 0 Å². The van der Waals surface area contributed by atoms with Crippen LogP contribution in [0.4, 0.5) is 10.2 Å². The largest absolute Gasteiger partial charge is 0.355 e. The van der Waals surface area contributed by atoms with Gasteiger partial charge in [-0.15, -0.1) is 11.6 Å². The molecule has 0 bridgehead atoms. The summed E-state index contributed by atoms with van der Waals surface area (Å²) in [5.74, 6) is 1.29. The van der Waals surface area contributed by atoms with Crippen molar-refractivity contribution in [1.29, 1.82) is 0 Å². The highest BCUT2D eigenvalue weighted by Crippen LogP contribution is 2.63. The lowest BCUT2D eigenvalue weighted by molar-refractivity contribution is 0.533. The Hall–Kier alpha value is -2.95. The van der Waals surface area contributed by atoms with Gasteiger partial charge in [0.1, 0.15) is 28.2 Å². The Bertz CT molecular complexity index is 1450. The number of halogens is 2. The summed E-state index contributed by atoms with van der Waals surface area (Å²) in [7, 11) is 0. The van der Waals surface area contributed by atoms with Crippen molar-refractivity contribution in [2.45, 2.75) is 17.2 Å².